The van der Waals surface area contributed by atoms with Crippen LogP contribution in [-0.4, -0.2) is 84.5 Å². The van der Waals surface area contributed by atoms with Crippen molar-refractivity contribution in [2.75, 3.05) is 40.3 Å². The van der Waals surface area contributed by atoms with E-state index in [0.717, 1.165) is 31.9 Å². The van der Waals surface area contributed by atoms with Gasteiger partial charge in [-0.15, -0.1) is 11.3 Å². The Morgan fingerprint density at radius 3 is 2.59 bits per heavy atom. The van der Waals surface area contributed by atoms with Crippen molar-refractivity contribution in [3.63, 3.8) is 0 Å². The van der Waals surface area contributed by atoms with Gasteiger partial charge in [0, 0.05) is 57.0 Å². The molecule has 2 aliphatic rings. The van der Waals surface area contributed by atoms with E-state index >= 15 is 0 Å². The third kappa shape index (κ3) is 6.54. The Bertz CT molecular complexity index is 713. The molecule has 2 saturated heterocycles. The van der Waals surface area contributed by atoms with Crippen molar-refractivity contribution in [2.24, 2.45) is 11.8 Å². The Morgan fingerprint density at radius 1 is 1.41 bits per heavy atom. The lowest BCUT2D eigenvalue weighted by molar-refractivity contribution is -0.192. The average molecular weight is 438 g/mol. The maximum absolute atomic E-state index is 11.7. The Kier molecular flexibility index (Phi) is 7.83. The van der Waals surface area contributed by atoms with E-state index in [1.165, 1.54) is 4.88 Å². The molecule has 12 heteroatoms. The van der Waals surface area contributed by atoms with Gasteiger partial charge < -0.3 is 20.1 Å². The van der Waals surface area contributed by atoms with Crippen molar-refractivity contribution in [1.82, 2.24) is 20.1 Å². The van der Waals surface area contributed by atoms with Crippen LogP contribution in [0.25, 0.3) is 0 Å². The van der Waals surface area contributed by atoms with Crippen LogP contribution in [0.4, 0.5) is 18.0 Å². The van der Waals surface area contributed by atoms with E-state index in [0.29, 0.717) is 24.5 Å². The van der Waals surface area contributed by atoms with E-state index in [1.807, 2.05) is 5.51 Å². The van der Waals surface area contributed by atoms with E-state index < -0.39 is 12.1 Å². The number of rotatable bonds is 4. The highest BCUT2D eigenvalue weighted by Gasteiger charge is 2.43. The van der Waals surface area contributed by atoms with Gasteiger partial charge in [0.2, 0.25) is 0 Å². The third-order valence-electron chi connectivity index (χ3n) is 4.89. The number of amides is 2. The molecule has 0 aliphatic carbocycles. The van der Waals surface area contributed by atoms with Crippen molar-refractivity contribution < 1.29 is 32.6 Å². The fraction of sp³-hybridized carbons (Fsp3) is 0.706. The van der Waals surface area contributed by atoms with Crippen molar-refractivity contribution in [1.29, 1.82) is 0 Å². The molecule has 3 atom stereocenters. The number of likely N-dealkylation sites (tertiary alicyclic amines) is 1. The largest absolute Gasteiger partial charge is 0.490 e. The van der Waals surface area contributed by atoms with Gasteiger partial charge in [0.25, 0.3) is 0 Å². The molecule has 8 nitrogen and oxygen atoms in total. The molecule has 164 valence electrons. The van der Waals surface area contributed by atoms with Crippen LogP contribution in [-0.2, 0) is 16.1 Å². The van der Waals surface area contributed by atoms with Gasteiger partial charge in [0.05, 0.1) is 23.9 Å². The third-order valence-corrected chi connectivity index (χ3v) is 5.81. The Balaban J connectivity index is 0.000000370. The van der Waals surface area contributed by atoms with E-state index in [4.69, 9.17) is 14.6 Å². The number of halogens is 3. The lowest BCUT2D eigenvalue weighted by atomic mass is 9.93. The first-order chi connectivity index (χ1) is 13.5. The second-order valence-corrected chi connectivity index (χ2v) is 8.17. The molecule has 0 radical (unpaired) electrons. The van der Waals surface area contributed by atoms with Crippen LogP contribution in [0.2, 0.25) is 0 Å². The number of aliphatic carboxylic acids is 1. The summed E-state index contributed by atoms with van der Waals surface area (Å²) in [7, 11) is 3.52. The zero-order chi connectivity index (χ0) is 21.8. The van der Waals surface area contributed by atoms with Crippen molar-refractivity contribution >= 4 is 23.3 Å². The van der Waals surface area contributed by atoms with Gasteiger partial charge in [-0.2, -0.15) is 13.2 Å². The van der Waals surface area contributed by atoms with Crippen molar-refractivity contribution in [2.45, 2.75) is 25.7 Å². The van der Waals surface area contributed by atoms with Crippen molar-refractivity contribution in [3.8, 4) is 0 Å². The van der Waals surface area contributed by atoms with Gasteiger partial charge in [0.15, 0.2) is 0 Å². The first kappa shape index (κ1) is 23.4. The van der Waals surface area contributed by atoms with Gasteiger partial charge in [-0.25, -0.2) is 14.6 Å². The number of carbonyl (C=O) groups excluding carboxylic acids is 1. The van der Waals surface area contributed by atoms with Crippen LogP contribution < -0.4 is 5.32 Å². The molecule has 2 fully saturated rings. The minimum absolute atomic E-state index is 0.0291. The molecule has 1 aromatic heterocycles. The summed E-state index contributed by atoms with van der Waals surface area (Å²) in [6.45, 7) is 6.52. The molecular weight excluding hydrogens is 413 g/mol. The van der Waals surface area contributed by atoms with E-state index in [-0.39, 0.29) is 6.03 Å². The minimum atomic E-state index is -5.08. The number of carbonyl (C=O) groups is 2. The van der Waals surface area contributed by atoms with Crippen LogP contribution in [0, 0.1) is 18.8 Å². The number of alkyl halides is 3. The Hall–Kier alpha value is -1.92. The van der Waals surface area contributed by atoms with Gasteiger partial charge in [-0.05, 0) is 6.92 Å². The number of hydrogen-bond acceptors (Lipinski definition) is 6. The van der Waals surface area contributed by atoms with Gasteiger partial charge in [0.1, 0.15) is 0 Å². The monoisotopic (exact) mass is 438 g/mol. The summed E-state index contributed by atoms with van der Waals surface area (Å²) in [6, 6.07) is -0.0291. The van der Waals surface area contributed by atoms with Crippen LogP contribution in [0.3, 0.4) is 0 Å². The first-order valence-corrected chi connectivity index (χ1v) is 9.85. The summed E-state index contributed by atoms with van der Waals surface area (Å²) in [5.74, 6) is -1.82. The maximum atomic E-state index is 11.7. The van der Waals surface area contributed by atoms with Gasteiger partial charge in [-0.1, -0.05) is 0 Å². The quantitative estimate of drug-likeness (QED) is 0.745. The summed E-state index contributed by atoms with van der Waals surface area (Å²) < 4.78 is 37.7. The van der Waals surface area contributed by atoms with Crippen LogP contribution in [0.1, 0.15) is 10.6 Å². The smallest absolute Gasteiger partial charge is 0.475 e. The standard InChI is InChI=1S/C15H24N4O2S.C2HF3O2/c1-10-14(22-9-17-10)7-19-5-12-11(8-21-13(12)6-19)4-16-15(20)18(2)3;3-2(4,5)1(6)7/h9,11-13H,4-8H2,1-3H3,(H,16,20);(H,6,7)/t11-,12+,13+;/m0./s1. The van der Waals surface area contributed by atoms with Gasteiger partial charge >= 0.3 is 18.2 Å². The lowest BCUT2D eigenvalue weighted by Crippen LogP contribution is -2.39. The minimum Gasteiger partial charge on any atom is -0.475 e. The van der Waals surface area contributed by atoms with Crippen molar-refractivity contribution in [3.05, 3.63) is 16.1 Å². The first-order valence-electron chi connectivity index (χ1n) is 8.97. The summed E-state index contributed by atoms with van der Waals surface area (Å²) in [5, 5.41) is 10.1. The predicted molar refractivity (Wildman–Crippen MR) is 99.6 cm³/mol. The second-order valence-electron chi connectivity index (χ2n) is 7.23. The molecule has 3 rings (SSSR count). The number of hydrogen-bond donors (Lipinski definition) is 2. The predicted octanol–water partition coefficient (Wildman–Crippen LogP) is 1.80. The maximum Gasteiger partial charge on any atom is 0.490 e. The number of nitrogens with zero attached hydrogens (tertiary/aromatic N) is 3. The van der Waals surface area contributed by atoms with Crippen LogP contribution in [0.5, 0.6) is 0 Å². The molecule has 2 aliphatic heterocycles. The highest BCUT2D eigenvalue weighted by Crippen LogP contribution is 2.34. The molecular formula is C17H25F3N4O4S. The average Bonchev–Trinajstić information content (AvgIpc) is 3.30. The molecule has 0 unspecified atom stereocenters. The van der Waals surface area contributed by atoms with E-state index in [1.54, 1.807) is 30.3 Å². The number of thiazole rings is 1. The Labute approximate surface area is 170 Å². The molecule has 29 heavy (non-hydrogen) atoms. The summed E-state index contributed by atoms with van der Waals surface area (Å²) in [5.41, 5.74) is 3.05. The molecule has 3 heterocycles. The molecule has 0 spiro atoms. The Morgan fingerprint density at radius 2 is 2.07 bits per heavy atom. The molecule has 0 aromatic carbocycles. The molecule has 2 amide bonds. The highest BCUT2D eigenvalue weighted by molar-refractivity contribution is 7.09. The van der Waals surface area contributed by atoms with E-state index in [2.05, 4.69) is 22.1 Å². The topological polar surface area (TPSA) is 95.0 Å². The van der Waals surface area contributed by atoms with E-state index in [9.17, 15) is 18.0 Å². The fourth-order valence-electron chi connectivity index (χ4n) is 3.28. The molecule has 2 N–H and O–H groups in total. The van der Waals surface area contributed by atoms with Gasteiger partial charge in [-0.3, -0.25) is 4.90 Å². The zero-order valence-corrected chi connectivity index (χ0v) is 17.2. The number of carboxylic acids is 1. The highest BCUT2D eigenvalue weighted by atomic mass is 32.1. The van der Waals surface area contributed by atoms with Crippen LogP contribution >= 0.6 is 11.3 Å². The number of urea groups is 1. The second kappa shape index (κ2) is 9.72. The molecule has 0 saturated carbocycles. The summed E-state index contributed by atoms with van der Waals surface area (Å²) in [4.78, 5) is 30.2. The number of aromatic nitrogens is 1. The number of aryl methyl sites for hydroxylation is 1. The fourth-order valence-corrected chi connectivity index (χ4v) is 4.10. The number of nitrogens with one attached hydrogen (secondary N) is 1. The zero-order valence-electron chi connectivity index (χ0n) is 16.4. The lowest BCUT2D eigenvalue weighted by Gasteiger charge is -2.20. The SMILES string of the molecule is Cc1ncsc1CN1C[C@@H]2[C@@H](CNC(=O)N(C)C)CO[C@@H]2C1.O=C(O)C(F)(F)F. The van der Waals surface area contributed by atoms with Crippen LogP contribution in [0.15, 0.2) is 5.51 Å². The summed E-state index contributed by atoms with van der Waals surface area (Å²) >= 11 is 1.73. The normalized spacial score (nSPS) is 23.9. The number of carboxylic acid groups (broad SMARTS) is 1. The molecule has 0 bridgehead atoms. The number of fused-ring (bicyclic) bond motifs is 1. The summed E-state index contributed by atoms with van der Waals surface area (Å²) in [6.07, 6.45) is -4.77. The molecule has 1 aromatic rings. The number of ether oxygens (including phenoxy) is 1.